The zero-order chi connectivity index (χ0) is 18.6. The maximum atomic E-state index is 8.98. The Labute approximate surface area is 156 Å². The van der Waals surface area contributed by atoms with Crippen LogP contribution in [-0.2, 0) is 6.54 Å². The van der Waals surface area contributed by atoms with Crippen molar-refractivity contribution in [3.63, 3.8) is 0 Å². The first-order chi connectivity index (χ1) is 12.7. The van der Waals surface area contributed by atoms with Gasteiger partial charge in [-0.15, -0.1) is 0 Å². The third-order valence-corrected chi connectivity index (χ3v) is 5.55. The van der Waals surface area contributed by atoms with Crippen LogP contribution in [0, 0.1) is 16.7 Å². The Balaban J connectivity index is 0.000000948. The number of nitrogens with one attached hydrogen (secondary N) is 1. The minimum Gasteiger partial charge on any atom is -0.355 e. The van der Waals surface area contributed by atoms with Crippen molar-refractivity contribution in [3.05, 3.63) is 48.0 Å². The average molecular weight is 348 g/mol. The summed E-state index contributed by atoms with van der Waals surface area (Å²) in [5.74, 6) is 0. The quantitative estimate of drug-likeness (QED) is 0.644. The number of nitrogens with zero attached hydrogens (tertiary/aromatic N) is 2. The topological polar surface area (TPSA) is 42.8 Å². The van der Waals surface area contributed by atoms with E-state index in [0.717, 1.165) is 32.5 Å². The van der Waals surface area contributed by atoms with Crippen LogP contribution in [0.3, 0.4) is 0 Å². The Morgan fingerprint density at radius 1 is 1.04 bits per heavy atom. The van der Waals surface area contributed by atoms with Crippen molar-refractivity contribution < 1.29 is 0 Å². The molecule has 1 N–H and O–H groups in total. The highest BCUT2D eigenvalue weighted by Crippen LogP contribution is 2.34. The highest BCUT2D eigenvalue weighted by Gasteiger charge is 2.29. The fraction of sp³-hybridized carbons (Fsp3) is 0.435. The number of nitriles is 1. The lowest BCUT2D eigenvalue weighted by molar-refractivity contribution is 0.116. The molecule has 0 bridgehead atoms. The summed E-state index contributed by atoms with van der Waals surface area (Å²) in [6, 6.07) is 17.6. The zero-order valence-corrected chi connectivity index (χ0v) is 16.2. The molecule has 1 aliphatic rings. The molecule has 1 aliphatic heterocycles. The fourth-order valence-electron chi connectivity index (χ4n) is 3.88. The maximum Gasteiger partial charge on any atom is 0.0627 e. The summed E-state index contributed by atoms with van der Waals surface area (Å²) in [5, 5.41) is 11.6. The molecule has 4 rings (SSSR count). The molecule has 0 unspecified atom stereocenters. The molecule has 0 spiro atoms. The minimum absolute atomic E-state index is 0.215. The van der Waals surface area contributed by atoms with E-state index in [1.165, 1.54) is 27.4 Å². The summed E-state index contributed by atoms with van der Waals surface area (Å²) < 4.78 is 0. The summed E-state index contributed by atoms with van der Waals surface area (Å²) in [4.78, 5) is 6.05. The van der Waals surface area contributed by atoms with Crippen LogP contribution in [0.5, 0.6) is 0 Å². The van der Waals surface area contributed by atoms with Crippen molar-refractivity contribution in [2.75, 3.05) is 13.1 Å². The van der Waals surface area contributed by atoms with E-state index in [2.05, 4.69) is 65.3 Å². The van der Waals surface area contributed by atoms with Crippen LogP contribution in [0.4, 0.5) is 0 Å². The number of benzene rings is 2. The standard InChI is InChI=1S/C21H23N3.C2H6/c1-21(8-11-22)9-12-24(13-10-21)15-16-6-7-18-17-4-2-3-5-19(17)23-20(18)14-16;1-2/h2-7,14,23H,8-10,12-13,15H2,1H3;1-2H3. The molecule has 3 aromatic rings. The molecular formula is C23H29N3. The van der Waals surface area contributed by atoms with Gasteiger partial charge in [0.25, 0.3) is 0 Å². The average Bonchev–Trinajstić information content (AvgIpc) is 3.03. The Kier molecular flexibility index (Phi) is 5.64. The molecule has 1 saturated heterocycles. The van der Waals surface area contributed by atoms with Crippen molar-refractivity contribution in [1.82, 2.24) is 9.88 Å². The second-order valence-corrected chi connectivity index (χ2v) is 7.47. The third-order valence-electron chi connectivity index (χ3n) is 5.55. The number of hydrogen-bond acceptors (Lipinski definition) is 2. The number of rotatable bonds is 3. The van der Waals surface area contributed by atoms with Crippen LogP contribution >= 0.6 is 0 Å². The van der Waals surface area contributed by atoms with Crippen LogP contribution in [0.1, 0.15) is 45.6 Å². The van der Waals surface area contributed by atoms with Gasteiger partial charge in [-0.3, -0.25) is 4.90 Å². The molecular weight excluding hydrogens is 318 g/mol. The van der Waals surface area contributed by atoms with Gasteiger partial charge in [-0.05, 0) is 49.0 Å². The predicted octanol–water partition coefficient (Wildman–Crippen LogP) is 5.86. The van der Waals surface area contributed by atoms with Gasteiger partial charge < -0.3 is 4.98 Å². The van der Waals surface area contributed by atoms with Gasteiger partial charge in [-0.1, -0.05) is 51.1 Å². The Morgan fingerprint density at radius 2 is 1.73 bits per heavy atom. The van der Waals surface area contributed by atoms with Crippen LogP contribution < -0.4 is 0 Å². The Morgan fingerprint density at radius 3 is 2.46 bits per heavy atom. The minimum atomic E-state index is 0.215. The molecule has 1 fully saturated rings. The van der Waals surface area contributed by atoms with Crippen molar-refractivity contribution in [2.24, 2.45) is 5.41 Å². The molecule has 0 amide bonds. The summed E-state index contributed by atoms with van der Waals surface area (Å²) in [7, 11) is 0. The van der Waals surface area contributed by atoms with E-state index in [0.29, 0.717) is 6.42 Å². The van der Waals surface area contributed by atoms with Gasteiger partial charge in [0, 0.05) is 34.8 Å². The first-order valence-corrected chi connectivity index (χ1v) is 9.76. The molecule has 0 atom stereocenters. The SMILES string of the molecule is CC.CC1(CC#N)CCN(Cc2ccc3c(c2)[nH]c2ccccc23)CC1. The summed E-state index contributed by atoms with van der Waals surface area (Å²) in [6.45, 7) is 9.42. The second-order valence-electron chi connectivity index (χ2n) is 7.47. The van der Waals surface area contributed by atoms with Crippen LogP contribution in [0.25, 0.3) is 21.8 Å². The van der Waals surface area contributed by atoms with Crippen LogP contribution in [0.15, 0.2) is 42.5 Å². The molecule has 136 valence electrons. The van der Waals surface area contributed by atoms with Gasteiger partial charge in [0.05, 0.1) is 6.07 Å². The van der Waals surface area contributed by atoms with Crippen molar-refractivity contribution >= 4 is 21.8 Å². The molecule has 3 heteroatoms. The largest absolute Gasteiger partial charge is 0.355 e. The van der Waals surface area contributed by atoms with Gasteiger partial charge >= 0.3 is 0 Å². The molecule has 2 heterocycles. The van der Waals surface area contributed by atoms with E-state index in [4.69, 9.17) is 5.26 Å². The normalized spacial score (nSPS) is 16.8. The number of aromatic nitrogens is 1. The predicted molar refractivity (Wildman–Crippen MR) is 110 cm³/mol. The summed E-state index contributed by atoms with van der Waals surface area (Å²) in [5.41, 5.74) is 4.00. The van der Waals surface area contributed by atoms with E-state index >= 15 is 0 Å². The lowest BCUT2D eigenvalue weighted by Gasteiger charge is -2.38. The smallest absolute Gasteiger partial charge is 0.0627 e. The number of H-pyrrole nitrogens is 1. The lowest BCUT2D eigenvalue weighted by Crippen LogP contribution is -2.38. The van der Waals surface area contributed by atoms with Crippen molar-refractivity contribution in [1.29, 1.82) is 5.26 Å². The Bertz CT molecular complexity index is 908. The second kappa shape index (κ2) is 7.93. The molecule has 0 saturated carbocycles. The molecule has 2 aromatic carbocycles. The molecule has 0 aliphatic carbocycles. The maximum absolute atomic E-state index is 8.98. The van der Waals surface area contributed by atoms with Gasteiger partial charge in [0.15, 0.2) is 0 Å². The fourth-order valence-corrected chi connectivity index (χ4v) is 3.88. The third kappa shape index (κ3) is 3.76. The number of aromatic amines is 1. The number of likely N-dealkylation sites (tertiary alicyclic amines) is 1. The molecule has 26 heavy (non-hydrogen) atoms. The molecule has 1 aromatic heterocycles. The molecule has 0 radical (unpaired) electrons. The van der Waals surface area contributed by atoms with Crippen molar-refractivity contribution in [2.45, 2.75) is 46.6 Å². The van der Waals surface area contributed by atoms with Crippen LogP contribution in [-0.4, -0.2) is 23.0 Å². The van der Waals surface area contributed by atoms with Gasteiger partial charge in [-0.2, -0.15) is 5.26 Å². The number of piperidine rings is 1. The van der Waals surface area contributed by atoms with E-state index in [1.54, 1.807) is 0 Å². The van der Waals surface area contributed by atoms with Gasteiger partial charge in [0.2, 0.25) is 0 Å². The highest BCUT2D eigenvalue weighted by molar-refractivity contribution is 6.07. The first kappa shape index (κ1) is 18.5. The van der Waals surface area contributed by atoms with E-state index < -0.39 is 0 Å². The number of hydrogen-bond donors (Lipinski definition) is 1. The summed E-state index contributed by atoms with van der Waals surface area (Å²) in [6.07, 6.45) is 2.92. The van der Waals surface area contributed by atoms with Gasteiger partial charge in [0.1, 0.15) is 0 Å². The summed E-state index contributed by atoms with van der Waals surface area (Å²) >= 11 is 0. The number of fused-ring (bicyclic) bond motifs is 3. The van der Waals surface area contributed by atoms with E-state index in [1.807, 2.05) is 13.8 Å². The van der Waals surface area contributed by atoms with E-state index in [9.17, 15) is 0 Å². The Hall–Kier alpha value is -2.31. The molecule has 3 nitrogen and oxygen atoms in total. The number of para-hydroxylation sites is 1. The monoisotopic (exact) mass is 347 g/mol. The van der Waals surface area contributed by atoms with Crippen LogP contribution in [0.2, 0.25) is 0 Å². The van der Waals surface area contributed by atoms with Gasteiger partial charge in [-0.25, -0.2) is 0 Å². The van der Waals surface area contributed by atoms with E-state index in [-0.39, 0.29) is 5.41 Å². The lowest BCUT2D eigenvalue weighted by atomic mass is 9.78. The first-order valence-electron chi connectivity index (χ1n) is 9.76. The zero-order valence-electron chi connectivity index (χ0n) is 16.2. The highest BCUT2D eigenvalue weighted by atomic mass is 15.1. The van der Waals surface area contributed by atoms with Crippen molar-refractivity contribution in [3.8, 4) is 6.07 Å².